The summed E-state index contributed by atoms with van der Waals surface area (Å²) in [4.78, 5) is 6.67. The minimum Gasteiger partial charge on any atom is -0.488 e. The number of halogens is 3. The first-order valence-electron chi connectivity index (χ1n) is 9.67. The zero-order chi connectivity index (χ0) is 20.1. The lowest BCUT2D eigenvalue weighted by molar-refractivity contribution is 0.0818. The SMILES string of the molecule is CCN(CC)CCCC(C)NC(=NC)NCc1cccc(OCC(F)F)c1.I. The summed E-state index contributed by atoms with van der Waals surface area (Å²) in [6.45, 7) is 9.74. The van der Waals surface area contributed by atoms with Crippen LogP contribution in [0.4, 0.5) is 8.78 Å². The third kappa shape index (κ3) is 11.6. The molecule has 0 bridgehead atoms. The van der Waals surface area contributed by atoms with E-state index in [0.717, 1.165) is 44.0 Å². The maximum absolute atomic E-state index is 12.3. The molecule has 0 saturated heterocycles. The predicted octanol–water partition coefficient (Wildman–Crippen LogP) is 4.12. The molecule has 0 saturated carbocycles. The third-order valence-electron chi connectivity index (χ3n) is 4.35. The Balaban J connectivity index is 0.00000729. The van der Waals surface area contributed by atoms with E-state index in [1.165, 1.54) is 0 Å². The van der Waals surface area contributed by atoms with Crippen molar-refractivity contribution in [3.63, 3.8) is 0 Å². The maximum atomic E-state index is 12.3. The monoisotopic (exact) mass is 512 g/mol. The Morgan fingerprint density at radius 3 is 2.57 bits per heavy atom. The van der Waals surface area contributed by atoms with Gasteiger partial charge in [0.1, 0.15) is 12.4 Å². The van der Waals surface area contributed by atoms with E-state index in [1.54, 1.807) is 25.2 Å². The smallest absolute Gasteiger partial charge is 0.272 e. The van der Waals surface area contributed by atoms with Crippen LogP contribution in [0.3, 0.4) is 0 Å². The fourth-order valence-corrected chi connectivity index (χ4v) is 2.75. The summed E-state index contributed by atoms with van der Waals surface area (Å²) in [5.74, 6) is 1.17. The highest BCUT2D eigenvalue weighted by Crippen LogP contribution is 2.14. The van der Waals surface area contributed by atoms with Crippen LogP contribution >= 0.6 is 24.0 Å². The Labute approximate surface area is 185 Å². The quantitative estimate of drug-likeness (QED) is 0.251. The molecule has 0 heterocycles. The largest absolute Gasteiger partial charge is 0.488 e. The summed E-state index contributed by atoms with van der Waals surface area (Å²) in [6.07, 6.45) is -0.275. The lowest BCUT2D eigenvalue weighted by Gasteiger charge is -2.21. The van der Waals surface area contributed by atoms with Gasteiger partial charge in [0.05, 0.1) is 0 Å². The molecular weight excluding hydrogens is 477 g/mol. The second kappa shape index (κ2) is 15.7. The number of benzene rings is 1. The minimum absolute atomic E-state index is 0. The van der Waals surface area contributed by atoms with Crippen molar-refractivity contribution in [3.05, 3.63) is 29.8 Å². The van der Waals surface area contributed by atoms with Crippen molar-refractivity contribution >= 4 is 29.9 Å². The van der Waals surface area contributed by atoms with E-state index in [4.69, 9.17) is 4.74 Å². The second-order valence-corrected chi connectivity index (χ2v) is 6.49. The van der Waals surface area contributed by atoms with Crippen molar-refractivity contribution in [2.45, 2.75) is 52.6 Å². The van der Waals surface area contributed by atoms with E-state index >= 15 is 0 Å². The van der Waals surface area contributed by atoms with Gasteiger partial charge in [0.25, 0.3) is 6.43 Å². The number of alkyl halides is 2. The highest BCUT2D eigenvalue weighted by Gasteiger charge is 2.08. The zero-order valence-electron chi connectivity index (χ0n) is 17.4. The molecule has 0 radical (unpaired) electrons. The molecule has 0 spiro atoms. The lowest BCUT2D eigenvalue weighted by Crippen LogP contribution is -2.42. The molecule has 0 aliphatic carbocycles. The van der Waals surface area contributed by atoms with Gasteiger partial charge in [0, 0.05) is 19.6 Å². The van der Waals surface area contributed by atoms with Crippen LogP contribution in [0.5, 0.6) is 5.75 Å². The average Bonchev–Trinajstić information content (AvgIpc) is 2.67. The van der Waals surface area contributed by atoms with Gasteiger partial charge in [-0.3, -0.25) is 4.99 Å². The number of nitrogens with one attached hydrogen (secondary N) is 2. The van der Waals surface area contributed by atoms with Crippen LogP contribution in [-0.2, 0) is 6.54 Å². The Morgan fingerprint density at radius 1 is 1.25 bits per heavy atom. The molecule has 162 valence electrons. The summed E-state index contributed by atoms with van der Waals surface area (Å²) in [5.41, 5.74) is 0.943. The Morgan fingerprint density at radius 2 is 1.96 bits per heavy atom. The van der Waals surface area contributed by atoms with E-state index in [0.29, 0.717) is 18.3 Å². The van der Waals surface area contributed by atoms with Crippen molar-refractivity contribution < 1.29 is 13.5 Å². The van der Waals surface area contributed by atoms with Gasteiger partial charge in [-0.15, -0.1) is 24.0 Å². The highest BCUT2D eigenvalue weighted by molar-refractivity contribution is 14.0. The number of hydrogen-bond donors (Lipinski definition) is 2. The molecule has 8 heteroatoms. The first kappa shape index (κ1) is 26.8. The molecule has 2 N–H and O–H groups in total. The van der Waals surface area contributed by atoms with Crippen LogP contribution in [0.1, 0.15) is 39.2 Å². The Hall–Kier alpha value is -1.16. The summed E-state index contributed by atoms with van der Waals surface area (Å²) >= 11 is 0. The summed E-state index contributed by atoms with van der Waals surface area (Å²) in [7, 11) is 1.74. The fourth-order valence-electron chi connectivity index (χ4n) is 2.75. The molecule has 1 rings (SSSR count). The van der Waals surface area contributed by atoms with E-state index in [9.17, 15) is 8.78 Å². The summed E-state index contributed by atoms with van der Waals surface area (Å²) in [6, 6.07) is 7.47. The number of rotatable bonds is 12. The topological polar surface area (TPSA) is 48.9 Å². The molecule has 0 aliphatic heterocycles. The maximum Gasteiger partial charge on any atom is 0.272 e. The van der Waals surface area contributed by atoms with E-state index in [1.807, 2.05) is 6.07 Å². The van der Waals surface area contributed by atoms with Crippen LogP contribution in [-0.4, -0.2) is 56.6 Å². The number of ether oxygens (including phenoxy) is 1. The van der Waals surface area contributed by atoms with Crippen molar-refractivity contribution in [3.8, 4) is 5.75 Å². The molecule has 1 unspecified atom stereocenters. The van der Waals surface area contributed by atoms with E-state index in [-0.39, 0.29) is 24.0 Å². The zero-order valence-corrected chi connectivity index (χ0v) is 19.7. The van der Waals surface area contributed by atoms with Gasteiger partial charge in [-0.25, -0.2) is 8.78 Å². The number of nitrogens with zero attached hydrogens (tertiary/aromatic N) is 2. The van der Waals surface area contributed by atoms with Crippen molar-refractivity contribution in [1.82, 2.24) is 15.5 Å². The average molecular weight is 512 g/mol. The van der Waals surface area contributed by atoms with Crippen molar-refractivity contribution in [1.29, 1.82) is 0 Å². The van der Waals surface area contributed by atoms with Crippen LogP contribution in [0.15, 0.2) is 29.3 Å². The minimum atomic E-state index is -2.47. The van der Waals surface area contributed by atoms with E-state index < -0.39 is 13.0 Å². The van der Waals surface area contributed by atoms with Gasteiger partial charge in [0.15, 0.2) is 5.96 Å². The van der Waals surface area contributed by atoms with Gasteiger partial charge in [0.2, 0.25) is 0 Å². The van der Waals surface area contributed by atoms with Gasteiger partial charge in [-0.1, -0.05) is 26.0 Å². The number of guanidine groups is 1. The highest BCUT2D eigenvalue weighted by atomic mass is 127. The second-order valence-electron chi connectivity index (χ2n) is 6.49. The van der Waals surface area contributed by atoms with Crippen LogP contribution in [0.25, 0.3) is 0 Å². The molecule has 28 heavy (non-hydrogen) atoms. The first-order valence-corrected chi connectivity index (χ1v) is 9.67. The Kier molecular flexibility index (Phi) is 15.1. The van der Waals surface area contributed by atoms with Gasteiger partial charge in [-0.2, -0.15) is 0 Å². The van der Waals surface area contributed by atoms with Gasteiger partial charge < -0.3 is 20.3 Å². The van der Waals surface area contributed by atoms with Gasteiger partial charge in [-0.05, 0) is 57.1 Å². The standard InChI is InChI=1S/C20H34F2N4O.HI/c1-5-26(6-2)12-8-9-16(3)25-20(23-4)24-14-17-10-7-11-18(13-17)27-15-19(21)22;/h7,10-11,13,16,19H,5-6,8-9,12,14-15H2,1-4H3,(H2,23,24,25);1H. The van der Waals surface area contributed by atoms with Crippen LogP contribution in [0.2, 0.25) is 0 Å². The molecule has 1 aromatic rings. The molecule has 0 amide bonds. The summed E-state index contributed by atoms with van der Waals surface area (Å²) < 4.78 is 29.6. The number of aliphatic imine (C=N–C) groups is 1. The Bertz CT molecular complexity index is 557. The lowest BCUT2D eigenvalue weighted by atomic mass is 10.2. The summed E-state index contributed by atoms with van der Waals surface area (Å²) in [5, 5.41) is 6.65. The van der Waals surface area contributed by atoms with Crippen LogP contribution in [0, 0.1) is 0 Å². The van der Waals surface area contributed by atoms with Crippen molar-refractivity contribution in [2.75, 3.05) is 33.3 Å². The molecule has 0 fully saturated rings. The predicted molar refractivity (Wildman–Crippen MR) is 123 cm³/mol. The molecule has 0 aromatic heterocycles. The third-order valence-corrected chi connectivity index (χ3v) is 4.35. The van der Waals surface area contributed by atoms with Gasteiger partial charge >= 0.3 is 0 Å². The molecule has 1 atom stereocenters. The van der Waals surface area contributed by atoms with Crippen LogP contribution < -0.4 is 15.4 Å². The van der Waals surface area contributed by atoms with E-state index in [2.05, 4.69) is 41.3 Å². The number of hydrogen-bond acceptors (Lipinski definition) is 3. The first-order chi connectivity index (χ1) is 13.0. The fraction of sp³-hybridized carbons (Fsp3) is 0.650. The molecule has 0 aliphatic rings. The molecule has 1 aromatic carbocycles. The molecular formula is C20H35F2IN4O. The van der Waals surface area contributed by atoms with Crippen molar-refractivity contribution in [2.24, 2.45) is 4.99 Å². The molecule has 5 nitrogen and oxygen atoms in total. The normalized spacial score (nSPS) is 12.6.